The molecule has 1 aliphatic heterocycles. The minimum atomic E-state index is 0.0123. The van der Waals surface area contributed by atoms with Crippen LogP contribution in [0.2, 0.25) is 0 Å². The van der Waals surface area contributed by atoms with Crippen molar-refractivity contribution in [2.75, 3.05) is 26.2 Å². The Morgan fingerprint density at radius 3 is 2.63 bits per heavy atom. The molecular weight excluding hydrogens is 358 g/mol. The van der Waals surface area contributed by atoms with E-state index < -0.39 is 0 Å². The first-order valence-corrected chi connectivity index (χ1v) is 9.88. The van der Waals surface area contributed by atoms with Crippen LogP contribution in [-0.4, -0.2) is 56.3 Å². The number of nitrogens with zero attached hydrogens (tertiary/aromatic N) is 5. The van der Waals surface area contributed by atoms with Crippen LogP contribution < -0.4 is 0 Å². The lowest BCUT2D eigenvalue weighted by molar-refractivity contribution is 0.0623. The number of amides is 1. The standard InChI is InChI=1S/C20H19N5OS/c26-20(16-13-25-8-4-3-7-18(25)21-16)24-11-9-23(10-12-24)14-19-22-15-5-1-2-6-17(15)27-19/h1-8,13H,9-12,14H2. The number of pyridine rings is 1. The molecule has 3 aromatic heterocycles. The van der Waals surface area contributed by atoms with E-state index in [1.807, 2.05) is 52.0 Å². The second-order valence-electron chi connectivity index (χ2n) is 6.74. The summed E-state index contributed by atoms with van der Waals surface area (Å²) < 4.78 is 3.12. The lowest BCUT2D eigenvalue weighted by atomic mass is 10.3. The molecule has 0 radical (unpaired) electrons. The Hall–Kier alpha value is -2.77. The van der Waals surface area contributed by atoms with E-state index in [0.29, 0.717) is 5.69 Å². The van der Waals surface area contributed by atoms with Gasteiger partial charge in [0, 0.05) is 38.6 Å². The third-order valence-corrected chi connectivity index (χ3v) is 5.96. The molecule has 0 N–H and O–H groups in total. The van der Waals surface area contributed by atoms with Crippen molar-refractivity contribution in [1.82, 2.24) is 24.2 Å². The number of carbonyl (C=O) groups is 1. The zero-order valence-corrected chi connectivity index (χ0v) is 15.6. The maximum atomic E-state index is 12.8. The van der Waals surface area contributed by atoms with Crippen LogP contribution in [0.3, 0.4) is 0 Å². The van der Waals surface area contributed by atoms with Crippen molar-refractivity contribution >= 4 is 33.1 Å². The van der Waals surface area contributed by atoms with Gasteiger partial charge in [0.15, 0.2) is 0 Å². The molecule has 0 atom stereocenters. The quantitative estimate of drug-likeness (QED) is 0.551. The minimum absolute atomic E-state index is 0.0123. The number of aromatic nitrogens is 3. The Balaban J connectivity index is 1.23. The van der Waals surface area contributed by atoms with Crippen molar-refractivity contribution in [3.8, 4) is 0 Å². The molecule has 1 saturated heterocycles. The average molecular weight is 377 g/mol. The molecule has 27 heavy (non-hydrogen) atoms. The monoisotopic (exact) mass is 377 g/mol. The van der Waals surface area contributed by atoms with Gasteiger partial charge in [-0.05, 0) is 24.3 Å². The second-order valence-corrected chi connectivity index (χ2v) is 7.85. The van der Waals surface area contributed by atoms with Gasteiger partial charge in [-0.25, -0.2) is 9.97 Å². The summed E-state index contributed by atoms with van der Waals surface area (Å²) in [7, 11) is 0. The molecule has 0 saturated carbocycles. The summed E-state index contributed by atoms with van der Waals surface area (Å²) in [6.07, 6.45) is 3.72. The molecule has 0 aliphatic carbocycles. The Morgan fingerprint density at radius 2 is 1.81 bits per heavy atom. The number of piperazine rings is 1. The van der Waals surface area contributed by atoms with Gasteiger partial charge in [0.1, 0.15) is 16.3 Å². The third-order valence-electron chi connectivity index (χ3n) is 4.94. The van der Waals surface area contributed by atoms with E-state index in [2.05, 4.69) is 22.0 Å². The highest BCUT2D eigenvalue weighted by Crippen LogP contribution is 2.23. The van der Waals surface area contributed by atoms with Crippen LogP contribution in [0.4, 0.5) is 0 Å². The summed E-state index contributed by atoms with van der Waals surface area (Å²) in [5.74, 6) is 0.0123. The molecule has 0 unspecified atom stereocenters. The Kier molecular flexibility index (Phi) is 4.10. The zero-order chi connectivity index (χ0) is 18.2. The topological polar surface area (TPSA) is 53.7 Å². The van der Waals surface area contributed by atoms with E-state index in [0.717, 1.165) is 48.9 Å². The van der Waals surface area contributed by atoms with Crippen molar-refractivity contribution in [3.63, 3.8) is 0 Å². The van der Waals surface area contributed by atoms with E-state index in [1.165, 1.54) is 4.70 Å². The number of rotatable bonds is 3. The molecule has 136 valence electrons. The molecule has 5 rings (SSSR count). The van der Waals surface area contributed by atoms with E-state index in [4.69, 9.17) is 4.98 Å². The molecule has 1 aromatic carbocycles. The molecule has 6 nitrogen and oxygen atoms in total. The second kappa shape index (κ2) is 6.75. The van der Waals surface area contributed by atoms with Crippen LogP contribution in [-0.2, 0) is 6.54 Å². The number of para-hydroxylation sites is 1. The van der Waals surface area contributed by atoms with E-state index in [1.54, 1.807) is 11.3 Å². The number of thiazole rings is 1. The molecule has 4 aromatic rings. The van der Waals surface area contributed by atoms with Gasteiger partial charge in [0.25, 0.3) is 5.91 Å². The number of fused-ring (bicyclic) bond motifs is 2. The molecule has 0 bridgehead atoms. The highest BCUT2D eigenvalue weighted by atomic mass is 32.1. The molecule has 1 aliphatic rings. The lowest BCUT2D eigenvalue weighted by Crippen LogP contribution is -2.48. The van der Waals surface area contributed by atoms with Crippen LogP contribution in [0.5, 0.6) is 0 Å². The fourth-order valence-corrected chi connectivity index (χ4v) is 4.50. The fraction of sp³-hybridized carbons (Fsp3) is 0.250. The number of imidazole rings is 1. The van der Waals surface area contributed by atoms with Crippen molar-refractivity contribution in [2.45, 2.75) is 6.54 Å². The fourth-order valence-electron chi connectivity index (χ4n) is 3.49. The Labute approximate surface area is 160 Å². The van der Waals surface area contributed by atoms with Gasteiger partial charge in [-0.15, -0.1) is 11.3 Å². The first-order chi connectivity index (χ1) is 13.3. The normalized spacial score (nSPS) is 15.6. The largest absolute Gasteiger partial charge is 0.335 e. The van der Waals surface area contributed by atoms with E-state index in [-0.39, 0.29) is 5.91 Å². The summed E-state index contributed by atoms with van der Waals surface area (Å²) in [4.78, 5) is 26.2. The Bertz CT molecular complexity index is 1040. The highest BCUT2D eigenvalue weighted by molar-refractivity contribution is 7.18. The maximum absolute atomic E-state index is 12.8. The predicted molar refractivity (Wildman–Crippen MR) is 106 cm³/mol. The Morgan fingerprint density at radius 1 is 1.00 bits per heavy atom. The van der Waals surface area contributed by atoms with Crippen molar-refractivity contribution in [1.29, 1.82) is 0 Å². The molecule has 4 heterocycles. The summed E-state index contributed by atoms with van der Waals surface area (Å²) in [5, 5.41) is 1.14. The number of benzene rings is 1. The van der Waals surface area contributed by atoms with Crippen molar-refractivity contribution in [3.05, 3.63) is 65.6 Å². The van der Waals surface area contributed by atoms with Crippen LogP contribution in [0.1, 0.15) is 15.5 Å². The smallest absolute Gasteiger partial charge is 0.274 e. The molecule has 7 heteroatoms. The maximum Gasteiger partial charge on any atom is 0.274 e. The minimum Gasteiger partial charge on any atom is -0.335 e. The molecular formula is C20H19N5OS. The number of carbonyl (C=O) groups excluding carboxylic acids is 1. The van der Waals surface area contributed by atoms with Crippen LogP contribution >= 0.6 is 11.3 Å². The number of hydrogen-bond acceptors (Lipinski definition) is 5. The first-order valence-electron chi connectivity index (χ1n) is 9.06. The number of hydrogen-bond donors (Lipinski definition) is 0. The van der Waals surface area contributed by atoms with Crippen LogP contribution in [0.15, 0.2) is 54.9 Å². The van der Waals surface area contributed by atoms with E-state index in [9.17, 15) is 4.79 Å². The predicted octanol–water partition coefficient (Wildman–Crippen LogP) is 2.90. The lowest BCUT2D eigenvalue weighted by Gasteiger charge is -2.33. The molecule has 1 fully saturated rings. The summed E-state index contributed by atoms with van der Waals surface area (Å²) in [6, 6.07) is 14.0. The summed E-state index contributed by atoms with van der Waals surface area (Å²) in [5.41, 5.74) is 2.38. The highest BCUT2D eigenvalue weighted by Gasteiger charge is 2.24. The SMILES string of the molecule is O=C(c1cn2ccccc2n1)N1CCN(Cc2nc3ccccc3s2)CC1. The van der Waals surface area contributed by atoms with Gasteiger partial charge in [-0.1, -0.05) is 18.2 Å². The van der Waals surface area contributed by atoms with Gasteiger partial charge in [-0.3, -0.25) is 9.69 Å². The van der Waals surface area contributed by atoms with Gasteiger partial charge in [0.05, 0.1) is 16.8 Å². The average Bonchev–Trinajstić information content (AvgIpc) is 3.31. The van der Waals surface area contributed by atoms with Crippen molar-refractivity contribution < 1.29 is 4.79 Å². The van der Waals surface area contributed by atoms with Gasteiger partial charge in [0.2, 0.25) is 0 Å². The summed E-state index contributed by atoms with van der Waals surface area (Å²) >= 11 is 1.75. The first kappa shape index (κ1) is 16.4. The van der Waals surface area contributed by atoms with Gasteiger partial charge < -0.3 is 9.30 Å². The zero-order valence-electron chi connectivity index (χ0n) is 14.8. The van der Waals surface area contributed by atoms with Crippen molar-refractivity contribution in [2.24, 2.45) is 0 Å². The third kappa shape index (κ3) is 3.20. The summed E-state index contributed by atoms with van der Waals surface area (Å²) in [6.45, 7) is 4.00. The molecule has 0 spiro atoms. The van der Waals surface area contributed by atoms with Crippen LogP contribution in [0.25, 0.3) is 15.9 Å². The van der Waals surface area contributed by atoms with Gasteiger partial charge in [-0.2, -0.15) is 0 Å². The van der Waals surface area contributed by atoms with Crippen LogP contribution in [0, 0.1) is 0 Å². The van der Waals surface area contributed by atoms with E-state index >= 15 is 0 Å². The molecule has 1 amide bonds. The van der Waals surface area contributed by atoms with Gasteiger partial charge >= 0.3 is 0 Å².